The zero-order valence-electron chi connectivity index (χ0n) is 35.0. The van der Waals surface area contributed by atoms with Gasteiger partial charge in [-0.2, -0.15) is 0 Å². The molecule has 2 heterocycles. The highest BCUT2D eigenvalue weighted by Gasteiger charge is 2.48. The molecule has 6 rings (SSSR count). The Morgan fingerprint density at radius 1 is 0.636 bits per heavy atom. The van der Waals surface area contributed by atoms with Crippen LogP contribution in [0.1, 0.15) is 155 Å². The molecule has 55 heavy (non-hydrogen) atoms. The average molecular weight is 767 g/mol. The first kappa shape index (κ1) is 43.9. The van der Waals surface area contributed by atoms with Crippen molar-refractivity contribution < 1.29 is 28.6 Å². The summed E-state index contributed by atoms with van der Waals surface area (Å²) in [6, 6.07) is 0.622. The van der Waals surface area contributed by atoms with Crippen LogP contribution in [-0.2, 0) is 28.6 Å². The van der Waals surface area contributed by atoms with Gasteiger partial charge in [0, 0.05) is 18.9 Å². The Hall–Kier alpha value is -2.19. The summed E-state index contributed by atoms with van der Waals surface area (Å²) in [7, 11) is 0. The standard InChI is InChI=1S/C47H78N2O6/c1-3-5-6-7-8-9-10-11-12-13-14-15-16-17-18-19-45(50)53-34-39(35-54-46(51)33-44-41-29-37-28-38(31-41)32-42(44)30-37)36-55-47(52)40-20-26-49(27-21-40)43-22-24-48(4-2)25-23-43/h8-9,11-12,37-44H,3-7,10,13-36H2,1-2H3/b9-8-,12-11-. The van der Waals surface area contributed by atoms with Crippen LogP contribution in [0.4, 0.5) is 0 Å². The van der Waals surface area contributed by atoms with Gasteiger partial charge in [0.15, 0.2) is 0 Å². The Kier molecular flexibility index (Phi) is 19.6. The van der Waals surface area contributed by atoms with E-state index in [0.29, 0.717) is 36.6 Å². The number of piperidine rings is 2. The second-order valence-corrected chi connectivity index (χ2v) is 18.1. The van der Waals surface area contributed by atoms with Gasteiger partial charge in [-0.25, -0.2) is 0 Å². The van der Waals surface area contributed by atoms with E-state index in [1.165, 1.54) is 96.6 Å². The first-order chi connectivity index (χ1) is 26.9. The van der Waals surface area contributed by atoms with E-state index in [1.807, 2.05) is 0 Å². The van der Waals surface area contributed by atoms with Crippen LogP contribution >= 0.6 is 0 Å². The smallest absolute Gasteiger partial charge is 0.309 e. The molecular weight excluding hydrogens is 689 g/mol. The number of rotatable bonds is 25. The highest BCUT2D eigenvalue weighted by Crippen LogP contribution is 2.57. The third kappa shape index (κ3) is 15.2. The summed E-state index contributed by atoms with van der Waals surface area (Å²) in [4.78, 5) is 44.3. The van der Waals surface area contributed by atoms with E-state index in [1.54, 1.807) is 0 Å². The second kappa shape index (κ2) is 24.6. The molecule has 1 unspecified atom stereocenters. The van der Waals surface area contributed by atoms with Gasteiger partial charge in [0.2, 0.25) is 0 Å². The lowest BCUT2D eigenvalue weighted by Crippen LogP contribution is -2.48. The van der Waals surface area contributed by atoms with Crippen LogP contribution in [0.2, 0.25) is 0 Å². The molecule has 4 bridgehead atoms. The molecule has 4 aliphatic carbocycles. The maximum atomic E-state index is 13.2. The molecule has 1 atom stereocenters. The molecular formula is C47H78N2O6. The number of hydrogen-bond donors (Lipinski definition) is 0. The fourth-order valence-corrected chi connectivity index (χ4v) is 10.8. The fraction of sp³-hybridized carbons (Fsp3) is 0.851. The van der Waals surface area contributed by atoms with Gasteiger partial charge in [-0.1, -0.05) is 70.3 Å². The molecule has 312 valence electrons. The lowest BCUT2D eigenvalue weighted by atomic mass is 9.51. The Morgan fingerprint density at radius 3 is 1.85 bits per heavy atom. The monoisotopic (exact) mass is 767 g/mol. The van der Waals surface area contributed by atoms with Crippen molar-refractivity contribution in [2.75, 3.05) is 52.5 Å². The van der Waals surface area contributed by atoms with Crippen LogP contribution in [0.5, 0.6) is 0 Å². The molecule has 0 spiro atoms. The van der Waals surface area contributed by atoms with E-state index < -0.39 is 0 Å². The molecule has 6 aliphatic rings. The largest absolute Gasteiger partial charge is 0.465 e. The molecule has 6 fully saturated rings. The summed E-state index contributed by atoms with van der Waals surface area (Å²) in [5.74, 6) is 2.54. The number of hydrogen-bond acceptors (Lipinski definition) is 8. The SMILES string of the molecule is CCCCC/C=C\C/C=C\CCCCCCCC(=O)OCC(COC(=O)CC1C2CC3CC(C2)CC1C3)COC(=O)C1CCN(C2CCN(CC)CC2)CC1. The van der Waals surface area contributed by atoms with E-state index in [9.17, 15) is 14.4 Å². The summed E-state index contributed by atoms with van der Waals surface area (Å²) < 4.78 is 17.5. The van der Waals surface area contributed by atoms with Crippen LogP contribution in [0.3, 0.4) is 0 Å². The minimum atomic E-state index is -0.358. The summed E-state index contributed by atoms with van der Waals surface area (Å²) in [6.45, 7) is 10.1. The van der Waals surface area contributed by atoms with Gasteiger partial charge in [0.1, 0.15) is 19.8 Å². The van der Waals surface area contributed by atoms with E-state index in [0.717, 1.165) is 76.4 Å². The Labute approximate surface area is 334 Å². The third-order valence-electron chi connectivity index (χ3n) is 14.0. The molecule has 2 saturated heterocycles. The van der Waals surface area contributed by atoms with Gasteiger partial charge >= 0.3 is 17.9 Å². The molecule has 8 nitrogen and oxygen atoms in total. The molecule has 0 aromatic carbocycles. The Bertz CT molecular complexity index is 1160. The molecule has 0 radical (unpaired) electrons. The maximum Gasteiger partial charge on any atom is 0.309 e. The van der Waals surface area contributed by atoms with Gasteiger partial charge < -0.3 is 24.0 Å². The summed E-state index contributed by atoms with van der Waals surface area (Å²) >= 11 is 0. The van der Waals surface area contributed by atoms with Crippen LogP contribution in [0.15, 0.2) is 24.3 Å². The third-order valence-corrected chi connectivity index (χ3v) is 14.0. The van der Waals surface area contributed by atoms with Gasteiger partial charge in [-0.3, -0.25) is 14.4 Å². The summed E-state index contributed by atoms with van der Waals surface area (Å²) in [6.07, 6.45) is 33.1. The van der Waals surface area contributed by atoms with Crippen LogP contribution in [0, 0.1) is 41.4 Å². The zero-order valence-corrected chi connectivity index (χ0v) is 35.0. The van der Waals surface area contributed by atoms with Crippen LogP contribution < -0.4 is 0 Å². The Morgan fingerprint density at radius 2 is 1.22 bits per heavy atom. The normalized spacial score (nSPS) is 26.9. The fourth-order valence-electron chi connectivity index (χ4n) is 10.8. The van der Waals surface area contributed by atoms with E-state index in [-0.39, 0.29) is 49.6 Å². The summed E-state index contributed by atoms with van der Waals surface area (Å²) in [5.41, 5.74) is 0. The molecule has 2 aliphatic heterocycles. The van der Waals surface area contributed by atoms with Crippen LogP contribution in [0.25, 0.3) is 0 Å². The van der Waals surface area contributed by atoms with Crippen molar-refractivity contribution in [3.63, 3.8) is 0 Å². The number of nitrogens with zero attached hydrogens (tertiary/aromatic N) is 2. The first-order valence-corrected chi connectivity index (χ1v) is 23.2. The predicted molar refractivity (Wildman–Crippen MR) is 220 cm³/mol. The maximum absolute atomic E-state index is 13.2. The highest BCUT2D eigenvalue weighted by molar-refractivity contribution is 5.72. The zero-order chi connectivity index (χ0) is 38.7. The lowest BCUT2D eigenvalue weighted by Gasteiger charge is -2.54. The number of unbranched alkanes of at least 4 members (excludes halogenated alkanes) is 8. The first-order valence-electron chi connectivity index (χ1n) is 23.2. The number of carbonyl (C=O) groups excluding carboxylic acids is 3. The van der Waals surface area contributed by atoms with Crippen molar-refractivity contribution in [1.29, 1.82) is 0 Å². The van der Waals surface area contributed by atoms with E-state index in [4.69, 9.17) is 14.2 Å². The predicted octanol–water partition coefficient (Wildman–Crippen LogP) is 9.70. The molecule has 4 saturated carbocycles. The van der Waals surface area contributed by atoms with Crippen molar-refractivity contribution in [1.82, 2.24) is 9.80 Å². The molecule has 0 aromatic rings. The van der Waals surface area contributed by atoms with Gasteiger partial charge in [0.25, 0.3) is 0 Å². The van der Waals surface area contributed by atoms with Gasteiger partial charge in [-0.05, 0) is 159 Å². The van der Waals surface area contributed by atoms with Crippen molar-refractivity contribution >= 4 is 17.9 Å². The quantitative estimate of drug-likeness (QED) is 0.0393. The van der Waals surface area contributed by atoms with E-state index in [2.05, 4.69) is 48.0 Å². The van der Waals surface area contributed by atoms with Crippen molar-refractivity contribution in [2.45, 2.75) is 161 Å². The Balaban J connectivity index is 0.978. The second-order valence-electron chi connectivity index (χ2n) is 18.1. The highest BCUT2D eigenvalue weighted by atomic mass is 16.6. The number of allylic oxidation sites excluding steroid dienone is 4. The minimum absolute atomic E-state index is 0.104. The number of carbonyl (C=O) groups is 3. The van der Waals surface area contributed by atoms with Crippen molar-refractivity contribution in [2.24, 2.45) is 41.4 Å². The van der Waals surface area contributed by atoms with Crippen molar-refractivity contribution in [3.8, 4) is 0 Å². The number of ether oxygens (including phenoxy) is 3. The van der Waals surface area contributed by atoms with Crippen LogP contribution in [-0.4, -0.2) is 86.3 Å². The molecule has 0 amide bonds. The molecule has 0 aromatic heterocycles. The average Bonchev–Trinajstić information content (AvgIpc) is 3.20. The number of esters is 3. The summed E-state index contributed by atoms with van der Waals surface area (Å²) in [5, 5.41) is 0. The van der Waals surface area contributed by atoms with Gasteiger partial charge in [0.05, 0.1) is 11.8 Å². The minimum Gasteiger partial charge on any atom is -0.465 e. The lowest BCUT2D eigenvalue weighted by molar-refractivity contribution is -0.158. The molecule has 0 N–H and O–H groups in total. The van der Waals surface area contributed by atoms with E-state index >= 15 is 0 Å². The van der Waals surface area contributed by atoms with Crippen molar-refractivity contribution in [3.05, 3.63) is 24.3 Å². The topological polar surface area (TPSA) is 85.4 Å². The number of likely N-dealkylation sites (tertiary alicyclic amines) is 2. The van der Waals surface area contributed by atoms with Gasteiger partial charge in [-0.15, -0.1) is 0 Å². The molecule has 8 heteroatoms.